The highest BCUT2D eigenvalue weighted by molar-refractivity contribution is 5.20. The predicted octanol–water partition coefficient (Wildman–Crippen LogP) is 2.93. The summed E-state index contributed by atoms with van der Waals surface area (Å²) in [6, 6.07) is 2.22. The highest BCUT2D eigenvalue weighted by atomic mass is 16.3. The van der Waals surface area contributed by atoms with Crippen LogP contribution < -0.4 is 5.32 Å². The topological polar surface area (TPSA) is 28.4 Å². The zero-order valence-corrected chi connectivity index (χ0v) is 12.2. The van der Waals surface area contributed by atoms with E-state index in [1.807, 2.05) is 7.05 Å². The number of hydrogen-bond acceptors (Lipinski definition) is 3. The minimum Gasteiger partial charge on any atom is -0.463 e. The third kappa shape index (κ3) is 3.83. The van der Waals surface area contributed by atoms with Crippen molar-refractivity contribution < 1.29 is 4.42 Å². The van der Waals surface area contributed by atoms with E-state index in [4.69, 9.17) is 4.42 Å². The van der Waals surface area contributed by atoms with E-state index in [2.05, 4.69) is 23.2 Å². The first-order valence-corrected chi connectivity index (χ1v) is 7.69. The molecule has 1 N–H and O–H groups in total. The van der Waals surface area contributed by atoms with Crippen LogP contribution in [-0.4, -0.2) is 25.0 Å². The molecule has 0 unspecified atom stereocenters. The van der Waals surface area contributed by atoms with Crippen LogP contribution in [-0.2, 0) is 13.1 Å². The molecule has 0 bridgehead atoms. The Labute approximate surface area is 116 Å². The fourth-order valence-electron chi connectivity index (χ4n) is 2.76. The van der Waals surface area contributed by atoms with E-state index in [0.717, 1.165) is 36.4 Å². The molecule has 0 amide bonds. The van der Waals surface area contributed by atoms with Gasteiger partial charge in [0.15, 0.2) is 0 Å². The van der Waals surface area contributed by atoms with Crippen LogP contribution in [0.4, 0.5) is 0 Å². The summed E-state index contributed by atoms with van der Waals surface area (Å²) < 4.78 is 5.99. The summed E-state index contributed by atoms with van der Waals surface area (Å²) in [6.07, 6.45) is 5.74. The van der Waals surface area contributed by atoms with Crippen molar-refractivity contribution in [2.75, 3.05) is 20.1 Å². The summed E-state index contributed by atoms with van der Waals surface area (Å²) in [5.41, 5.74) is 1.28. The van der Waals surface area contributed by atoms with E-state index in [1.165, 1.54) is 44.3 Å². The van der Waals surface area contributed by atoms with Gasteiger partial charge in [-0.25, -0.2) is 0 Å². The lowest BCUT2D eigenvalue weighted by Crippen LogP contribution is -2.27. The number of nitrogens with zero attached hydrogens (tertiary/aromatic N) is 1. The third-order valence-corrected chi connectivity index (χ3v) is 4.22. The molecule has 0 spiro atoms. The fraction of sp³-hybridized carbons (Fsp3) is 0.750. The summed E-state index contributed by atoms with van der Waals surface area (Å²) in [7, 11) is 1.97. The number of nitrogens with one attached hydrogen (secondary N) is 1. The molecule has 1 heterocycles. The smallest absolute Gasteiger partial charge is 0.120 e. The van der Waals surface area contributed by atoms with Crippen LogP contribution >= 0.6 is 0 Å². The molecular formula is C16H26N2O. The monoisotopic (exact) mass is 262 g/mol. The molecular weight excluding hydrogens is 236 g/mol. The lowest BCUT2D eigenvalue weighted by atomic mass is 10.2. The summed E-state index contributed by atoms with van der Waals surface area (Å²) in [6.45, 7) is 6.52. The molecule has 2 saturated carbocycles. The molecule has 2 aliphatic carbocycles. The molecule has 0 radical (unpaired) electrons. The van der Waals surface area contributed by atoms with Gasteiger partial charge in [-0.15, -0.1) is 0 Å². The van der Waals surface area contributed by atoms with Gasteiger partial charge in [-0.1, -0.05) is 0 Å². The maximum Gasteiger partial charge on any atom is 0.120 e. The lowest BCUT2D eigenvalue weighted by Gasteiger charge is -2.20. The van der Waals surface area contributed by atoms with E-state index in [1.54, 1.807) is 0 Å². The number of rotatable bonds is 8. The van der Waals surface area contributed by atoms with Gasteiger partial charge >= 0.3 is 0 Å². The van der Waals surface area contributed by atoms with Crippen molar-refractivity contribution in [2.45, 2.75) is 45.7 Å². The Bertz CT molecular complexity index is 404. The third-order valence-electron chi connectivity index (χ3n) is 4.22. The second-order valence-corrected chi connectivity index (χ2v) is 6.43. The molecule has 0 aromatic carbocycles. The zero-order chi connectivity index (χ0) is 13.2. The second kappa shape index (κ2) is 5.68. The average Bonchev–Trinajstić information content (AvgIpc) is 3.25. The Morgan fingerprint density at radius 1 is 1.21 bits per heavy atom. The summed E-state index contributed by atoms with van der Waals surface area (Å²) in [5.74, 6) is 4.16. The van der Waals surface area contributed by atoms with Gasteiger partial charge in [0.25, 0.3) is 0 Å². The summed E-state index contributed by atoms with van der Waals surface area (Å²) in [4.78, 5) is 2.62. The molecule has 1 aromatic rings. The van der Waals surface area contributed by atoms with Crippen LogP contribution in [0, 0.1) is 18.8 Å². The Morgan fingerprint density at radius 3 is 2.37 bits per heavy atom. The molecule has 3 nitrogen and oxygen atoms in total. The van der Waals surface area contributed by atoms with Gasteiger partial charge in [0.2, 0.25) is 0 Å². The van der Waals surface area contributed by atoms with Crippen molar-refractivity contribution >= 4 is 0 Å². The summed E-state index contributed by atoms with van der Waals surface area (Å²) >= 11 is 0. The first-order valence-electron chi connectivity index (χ1n) is 7.69. The first-order chi connectivity index (χ1) is 9.24. The molecule has 0 aliphatic heterocycles. The minimum absolute atomic E-state index is 0.830. The van der Waals surface area contributed by atoms with Crippen molar-refractivity contribution in [3.63, 3.8) is 0 Å². The normalized spacial score (nSPS) is 19.3. The number of aryl methyl sites for hydroxylation is 1. The molecule has 2 fully saturated rings. The van der Waals surface area contributed by atoms with Gasteiger partial charge < -0.3 is 9.73 Å². The van der Waals surface area contributed by atoms with Crippen molar-refractivity contribution in [1.29, 1.82) is 0 Å². The van der Waals surface area contributed by atoms with Gasteiger partial charge in [0, 0.05) is 13.1 Å². The zero-order valence-electron chi connectivity index (χ0n) is 12.2. The largest absolute Gasteiger partial charge is 0.463 e. The molecule has 0 atom stereocenters. The molecule has 19 heavy (non-hydrogen) atoms. The standard InChI is InChI=1S/C16H26N2O/c1-12-7-15(19-16(12)8-17-2)11-18(9-13-3-4-13)10-14-5-6-14/h7,13-14,17H,3-6,8-11H2,1-2H3. The molecule has 3 heteroatoms. The van der Waals surface area contributed by atoms with Crippen LogP contribution in [0.25, 0.3) is 0 Å². The van der Waals surface area contributed by atoms with Crippen LogP contribution in [0.3, 0.4) is 0 Å². The van der Waals surface area contributed by atoms with Crippen molar-refractivity contribution in [3.8, 4) is 0 Å². The van der Waals surface area contributed by atoms with Crippen LogP contribution in [0.2, 0.25) is 0 Å². The maximum absolute atomic E-state index is 5.99. The van der Waals surface area contributed by atoms with E-state index < -0.39 is 0 Å². The number of hydrogen-bond donors (Lipinski definition) is 1. The van der Waals surface area contributed by atoms with Crippen LogP contribution in [0.15, 0.2) is 10.5 Å². The molecule has 2 aliphatic rings. The quantitative estimate of drug-likeness (QED) is 0.781. The molecule has 106 valence electrons. The fourth-order valence-corrected chi connectivity index (χ4v) is 2.76. The molecule has 1 aromatic heterocycles. The average molecular weight is 262 g/mol. The van der Waals surface area contributed by atoms with Crippen molar-refractivity contribution in [2.24, 2.45) is 11.8 Å². The van der Waals surface area contributed by atoms with E-state index >= 15 is 0 Å². The first kappa shape index (κ1) is 13.2. The van der Waals surface area contributed by atoms with E-state index in [9.17, 15) is 0 Å². The van der Waals surface area contributed by atoms with Gasteiger partial charge in [-0.2, -0.15) is 0 Å². The number of furan rings is 1. The van der Waals surface area contributed by atoms with E-state index in [0.29, 0.717) is 0 Å². The van der Waals surface area contributed by atoms with Crippen LogP contribution in [0.1, 0.15) is 42.8 Å². The van der Waals surface area contributed by atoms with Crippen LogP contribution in [0.5, 0.6) is 0 Å². The SMILES string of the molecule is CNCc1oc(CN(CC2CC2)CC2CC2)cc1C. The predicted molar refractivity (Wildman–Crippen MR) is 76.9 cm³/mol. The van der Waals surface area contributed by atoms with Crippen molar-refractivity contribution in [1.82, 2.24) is 10.2 Å². The Balaban J connectivity index is 1.60. The molecule has 0 saturated heterocycles. The van der Waals surface area contributed by atoms with Gasteiger partial charge in [-0.3, -0.25) is 4.90 Å². The van der Waals surface area contributed by atoms with Crippen molar-refractivity contribution in [3.05, 3.63) is 23.2 Å². The lowest BCUT2D eigenvalue weighted by molar-refractivity contribution is 0.223. The van der Waals surface area contributed by atoms with Gasteiger partial charge in [0.1, 0.15) is 11.5 Å². The Kier molecular flexibility index (Phi) is 3.94. The highest BCUT2D eigenvalue weighted by Gasteiger charge is 2.29. The minimum atomic E-state index is 0.830. The second-order valence-electron chi connectivity index (χ2n) is 6.43. The summed E-state index contributed by atoms with van der Waals surface area (Å²) in [5, 5.41) is 3.17. The van der Waals surface area contributed by atoms with E-state index in [-0.39, 0.29) is 0 Å². The maximum atomic E-state index is 5.99. The van der Waals surface area contributed by atoms with Gasteiger partial charge in [0.05, 0.1) is 13.1 Å². The van der Waals surface area contributed by atoms with Gasteiger partial charge in [-0.05, 0) is 63.1 Å². The highest BCUT2D eigenvalue weighted by Crippen LogP contribution is 2.34. The Morgan fingerprint density at radius 2 is 1.84 bits per heavy atom. The Hall–Kier alpha value is -0.800. The molecule has 3 rings (SSSR count).